The number of hydrogen-bond acceptors (Lipinski definition) is 3. The molecule has 15 heavy (non-hydrogen) atoms. The van der Waals surface area contributed by atoms with Crippen molar-refractivity contribution < 1.29 is 0 Å². The molecule has 2 N–H and O–H groups in total. The Labute approximate surface area is 100 Å². The molecule has 0 saturated heterocycles. The lowest BCUT2D eigenvalue weighted by atomic mass is 10.3. The van der Waals surface area contributed by atoms with Crippen molar-refractivity contribution in [3.63, 3.8) is 0 Å². The molecule has 1 rings (SSSR count). The van der Waals surface area contributed by atoms with Crippen molar-refractivity contribution >= 4 is 23.1 Å². The lowest BCUT2D eigenvalue weighted by molar-refractivity contribution is 0.750. The van der Waals surface area contributed by atoms with Crippen molar-refractivity contribution in [2.45, 2.75) is 19.6 Å². The number of rotatable bonds is 4. The summed E-state index contributed by atoms with van der Waals surface area (Å²) in [6.07, 6.45) is 0. The SMILES string of the molecule is CC(C)CSCc1cc(C#CCN)cs1. The second-order valence-corrected chi connectivity index (χ2v) is 5.74. The van der Waals surface area contributed by atoms with Crippen LogP contribution in [0.2, 0.25) is 0 Å². The Hall–Kier alpha value is -0.430. The van der Waals surface area contributed by atoms with Crippen LogP contribution < -0.4 is 5.73 Å². The van der Waals surface area contributed by atoms with Gasteiger partial charge in [-0.25, -0.2) is 0 Å². The Balaban J connectivity index is 2.39. The minimum absolute atomic E-state index is 0.438. The fourth-order valence-corrected chi connectivity index (χ4v) is 3.07. The molecule has 1 aromatic heterocycles. The van der Waals surface area contributed by atoms with Crippen LogP contribution in [0.1, 0.15) is 24.3 Å². The summed E-state index contributed by atoms with van der Waals surface area (Å²) in [5.74, 6) is 9.02. The molecule has 0 unspecified atom stereocenters. The Morgan fingerprint density at radius 1 is 1.53 bits per heavy atom. The molecule has 0 radical (unpaired) electrons. The van der Waals surface area contributed by atoms with Crippen LogP contribution in [0.3, 0.4) is 0 Å². The van der Waals surface area contributed by atoms with Gasteiger partial charge in [-0.05, 0) is 17.7 Å². The van der Waals surface area contributed by atoms with Gasteiger partial charge in [0.05, 0.1) is 6.54 Å². The smallest absolute Gasteiger partial charge is 0.0555 e. The van der Waals surface area contributed by atoms with Crippen molar-refractivity contribution in [1.29, 1.82) is 0 Å². The Morgan fingerprint density at radius 3 is 3.00 bits per heavy atom. The van der Waals surface area contributed by atoms with E-state index in [0.29, 0.717) is 6.54 Å². The normalized spacial score (nSPS) is 10.1. The highest BCUT2D eigenvalue weighted by molar-refractivity contribution is 7.98. The first-order chi connectivity index (χ1) is 7.22. The van der Waals surface area contributed by atoms with Crippen molar-refractivity contribution in [1.82, 2.24) is 0 Å². The minimum Gasteiger partial charge on any atom is -0.320 e. The highest BCUT2D eigenvalue weighted by atomic mass is 32.2. The molecule has 3 heteroatoms. The number of thiophene rings is 1. The van der Waals surface area contributed by atoms with E-state index in [1.807, 2.05) is 11.8 Å². The lowest BCUT2D eigenvalue weighted by Crippen LogP contribution is -1.92. The van der Waals surface area contributed by atoms with Crippen LogP contribution in [0, 0.1) is 17.8 Å². The lowest BCUT2D eigenvalue weighted by Gasteiger charge is -2.01. The fourth-order valence-electron chi connectivity index (χ4n) is 1.07. The summed E-state index contributed by atoms with van der Waals surface area (Å²) in [5, 5.41) is 2.11. The molecule has 0 aliphatic heterocycles. The summed E-state index contributed by atoms with van der Waals surface area (Å²) < 4.78 is 0. The Bertz CT molecular complexity index is 344. The van der Waals surface area contributed by atoms with Crippen LogP contribution >= 0.6 is 23.1 Å². The van der Waals surface area contributed by atoms with Gasteiger partial charge in [0.15, 0.2) is 0 Å². The molecule has 0 saturated carbocycles. The molecule has 0 spiro atoms. The van der Waals surface area contributed by atoms with E-state index in [-0.39, 0.29) is 0 Å². The number of nitrogens with two attached hydrogens (primary N) is 1. The van der Waals surface area contributed by atoms with Crippen molar-refractivity contribution in [2.75, 3.05) is 12.3 Å². The maximum atomic E-state index is 5.32. The molecule has 0 aliphatic rings. The van der Waals surface area contributed by atoms with E-state index in [9.17, 15) is 0 Å². The predicted molar refractivity (Wildman–Crippen MR) is 71.3 cm³/mol. The monoisotopic (exact) mass is 239 g/mol. The van der Waals surface area contributed by atoms with Crippen LogP contribution in [0.5, 0.6) is 0 Å². The predicted octanol–water partition coefficient (Wildman–Crippen LogP) is 2.95. The zero-order chi connectivity index (χ0) is 11.1. The first-order valence-corrected chi connectivity index (χ1v) is 7.10. The van der Waals surface area contributed by atoms with E-state index in [1.54, 1.807) is 11.3 Å². The minimum atomic E-state index is 0.438. The third kappa shape index (κ3) is 5.27. The third-order valence-corrected chi connectivity index (χ3v) is 4.22. The summed E-state index contributed by atoms with van der Waals surface area (Å²) in [7, 11) is 0. The van der Waals surface area contributed by atoms with Crippen molar-refractivity contribution in [3.8, 4) is 11.8 Å². The van der Waals surface area contributed by atoms with Gasteiger partial charge in [0.1, 0.15) is 0 Å². The third-order valence-electron chi connectivity index (χ3n) is 1.68. The summed E-state index contributed by atoms with van der Waals surface area (Å²) >= 11 is 3.78. The number of thioether (sulfide) groups is 1. The molecule has 0 atom stereocenters. The average molecular weight is 239 g/mol. The van der Waals surface area contributed by atoms with E-state index in [1.165, 1.54) is 10.6 Å². The zero-order valence-corrected chi connectivity index (χ0v) is 10.9. The molecule has 0 amide bonds. The molecular formula is C12H17NS2. The fraction of sp³-hybridized carbons (Fsp3) is 0.500. The maximum absolute atomic E-state index is 5.32. The average Bonchev–Trinajstić information content (AvgIpc) is 2.62. The molecular weight excluding hydrogens is 222 g/mol. The van der Waals surface area contributed by atoms with Crippen LogP contribution in [-0.2, 0) is 5.75 Å². The molecule has 1 nitrogen and oxygen atoms in total. The standard InChI is InChI=1S/C12H17NS2/c1-10(2)7-14-9-12-6-11(8-15-12)4-3-5-13/h6,8,10H,5,7,9,13H2,1-2H3. The molecule has 0 aliphatic carbocycles. The summed E-state index contributed by atoms with van der Waals surface area (Å²) in [4.78, 5) is 1.40. The van der Waals surface area contributed by atoms with Gasteiger partial charge in [-0.3, -0.25) is 0 Å². The van der Waals surface area contributed by atoms with Gasteiger partial charge >= 0.3 is 0 Å². The van der Waals surface area contributed by atoms with Gasteiger partial charge in [0.25, 0.3) is 0 Å². The molecule has 0 fully saturated rings. The molecule has 1 aromatic rings. The Kier molecular flexibility index (Phi) is 5.85. The van der Waals surface area contributed by atoms with E-state index in [4.69, 9.17) is 5.73 Å². The van der Waals surface area contributed by atoms with Crippen LogP contribution in [0.4, 0.5) is 0 Å². The van der Waals surface area contributed by atoms with Gasteiger partial charge < -0.3 is 5.73 Å². The first-order valence-electron chi connectivity index (χ1n) is 5.06. The first kappa shape index (κ1) is 12.6. The van der Waals surface area contributed by atoms with E-state index in [2.05, 4.69) is 37.1 Å². The largest absolute Gasteiger partial charge is 0.320 e. The van der Waals surface area contributed by atoms with Gasteiger partial charge in [-0.1, -0.05) is 25.7 Å². The second kappa shape index (κ2) is 6.95. The van der Waals surface area contributed by atoms with E-state index in [0.717, 1.165) is 17.2 Å². The molecule has 82 valence electrons. The van der Waals surface area contributed by atoms with Crippen LogP contribution in [0.25, 0.3) is 0 Å². The van der Waals surface area contributed by atoms with Gasteiger partial charge in [0.2, 0.25) is 0 Å². The van der Waals surface area contributed by atoms with Crippen molar-refractivity contribution in [2.24, 2.45) is 11.7 Å². The summed E-state index contributed by atoms with van der Waals surface area (Å²) in [6, 6.07) is 2.17. The van der Waals surface area contributed by atoms with Crippen LogP contribution in [-0.4, -0.2) is 12.3 Å². The molecule has 0 bridgehead atoms. The molecule has 0 aromatic carbocycles. The van der Waals surface area contributed by atoms with Crippen LogP contribution in [0.15, 0.2) is 11.4 Å². The Morgan fingerprint density at radius 2 is 2.33 bits per heavy atom. The van der Waals surface area contributed by atoms with Gasteiger partial charge in [-0.2, -0.15) is 11.8 Å². The second-order valence-electron chi connectivity index (χ2n) is 3.72. The van der Waals surface area contributed by atoms with Gasteiger partial charge in [-0.15, -0.1) is 11.3 Å². The van der Waals surface area contributed by atoms with Crippen molar-refractivity contribution in [3.05, 3.63) is 21.9 Å². The van der Waals surface area contributed by atoms with E-state index < -0.39 is 0 Å². The maximum Gasteiger partial charge on any atom is 0.0555 e. The molecule has 1 heterocycles. The highest BCUT2D eigenvalue weighted by Gasteiger charge is 1.99. The topological polar surface area (TPSA) is 26.0 Å². The summed E-state index contributed by atoms with van der Waals surface area (Å²) in [5.41, 5.74) is 6.42. The number of hydrogen-bond donors (Lipinski definition) is 1. The van der Waals surface area contributed by atoms with E-state index >= 15 is 0 Å². The highest BCUT2D eigenvalue weighted by Crippen LogP contribution is 2.21. The van der Waals surface area contributed by atoms with Gasteiger partial charge in [0, 0.05) is 21.6 Å². The summed E-state index contributed by atoms with van der Waals surface area (Å²) in [6.45, 7) is 4.94. The zero-order valence-electron chi connectivity index (χ0n) is 9.25. The quantitative estimate of drug-likeness (QED) is 0.818.